The van der Waals surface area contributed by atoms with Gasteiger partial charge in [0.05, 0.1) is 69.1 Å². The summed E-state index contributed by atoms with van der Waals surface area (Å²) in [6.45, 7) is 7.43. The highest BCUT2D eigenvalue weighted by Crippen LogP contribution is 2.53. The molecule has 0 unspecified atom stereocenters. The van der Waals surface area contributed by atoms with Gasteiger partial charge in [0, 0.05) is 12.5 Å². The lowest BCUT2D eigenvalue weighted by molar-refractivity contribution is -0.151. The summed E-state index contributed by atoms with van der Waals surface area (Å²) in [4.78, 5) is 12.3. The standard InChI is InChI=1S/C37H48O12/c1-19-20(2)33(49-32(19)23-13-26(39-5)35(45-11)27(14-23)40-6)24-15-30(43-9)37(31(16-24)44-10)47-21(3)34(48-22(4)38)25-17-28(41-7)36(46-12)29(18-25)42-8/h13-21,32-34H,1-12H3/t19-,20+,21-,32-,33+,34-/m0/s1. The molecule has 1 saturated heterocycles. The van der Waals surface area contributed by atoms with Crippen molar-refractivity contribution in [3.63, 3.8) is 0 Å². The van der Waals surface area contributed by atoms with Crippen LogP contribution in [0.1, 0.15) is 62.7 Å². The van der Waals surface area contributed by atoms with Gasteiger partial charge >= 0.3 is 5.97 Å². The molecule has 6 atom stereocenters. The molecule has 268 valence electrons. The van der Waals surface area contributed by atoms with Crippen LogP contribution in [0.3, 0.4) is 0 Å². The molecule has 1 aliphatic rings. The van der Waals surface area contributed by atoms with E-state index in [1.54, 1.807) is 54.6 Å². The maximum absolute atomic E-state index is 12.3. The molecule has 0 saturated carbocycles. The van der Waals surface area contributed by atoms with Gasteiger partial charge < -0.3 is 52.1 Å². The Hall–Kier alpha value is -4.71. The molecule has 0 radical (unpaired) electrons. The quantitative estimate of drug-likeness (QED) is 0.155. The molecule has 0 amide bonds. The van der Waals surface area contributed by atoms with Crippen molar-refractivity contribution < 1.29 is 56.9 Å². The van der Waals surface area contributed by atoms with Gasteiger partial charge in [0.15, 0.2) is 40.6 Å². The highest BCUT2D eigenvalue weighted by Gasteiger charge is 2.42. The van der Waals surface area contributed by atoms with Gasteiger partial charge in [-0.3, -0.25) is 4.79 Å². The number of methoxy groups -OCH3 is 8. The van der Waals surface area contributed by atoms with E-state index in [0.29, 0.717) is 57.3 Å². The van der Waals surface area contributed by atoms with Gasteiger partial charge in [-0.15, -0.1) is 0 Å². The Bertz CT molecular complexity index is 1530. The Morgan fingerprint density at radius 1 is 0.571 bits per heavy atom. The van der Waals surface area contributed by atoms with Crippen LogP contribution in [0.5, 0.6) is 51.7 Å². The average Bonchev–Trinajstić information content (AvgIpc) is 3.41. The fraction of sp³-hybridized carbons (Fsp3) is 0.486. The first kappa shape index (κ1) is 37.1. The Balaban J connectivity index is 1.70. The molecule has 0 aromatic heterocycles. The molecule has 4 rings (SSSR count). The zero-order valence-electron chi connectivity index (χ0n) is 30.3. The maximum atomic E-state index is 12.3. The zero-order valence-corrected chi connectivity index (χ0v) is 30.3. The third-order valence-electron chi connectivity index (χ3n) is 8.94. The second kappa shape index (κ2) is 16.1. The largest absolute Gasteiger partial charge is 0.493 e. The van der Waals surface area contributed by atoms with Crippen LogP contribution < -0.4 is 42.6 Å². The lowest BCUT2D eigenvalue weighted by Gasteiger charge is -2.28. The SMILES string of the molecule is COc1cc([C@H]2O[C@@H](c3cc(OC)c(O[C@@H](C)[C@H](OC(C)=O)c4cc(OC)c(OC)c(OC)c4)c(OC)c3)[C@H](C)[C@@H]2C)cc(OC)c1OC. The van der Waals surface area contributed by atoms with Crippen LogP contribution in [0, 0.1) is 11.8 Å². The summed E-state index contributed by atoms with van der Waals surface area (Å²) in [5, 5.41) is 0. The van der Waals surface area contributed by atoms with Crippen LogP contribution >= 0.6 is 0 Å². The molecule has 0 spiro atoms. The average molecular weight is 685 g/mol. The molecule has 12 nitrogen and oxygen atoms in total. The third kappa shape index (κ3) is 7.49. The molecule has 0 bridgehead atoms. The highest BCUT2D eigenvalue weighted by molar-refractivity contribution is 5.67. The molecule has 0 aliphatic carbocycles. The monoisotopic (exact) mass is 684 g/mol. The molecule has 1 fully saturated rings. The minimum Gasteiger partial charge on any atom is -0.493 e. The number of ether oxygens (including phenoxy) is 11. The molecule has 12 heteroatoms. The molecule has 49 heavy (non-hydrogen) atoms. The van der Waals surface area contributed by atoms with Gasteiger partial charge in [0.1, 0.15) is 6.10 Å². The number of esters is 1. The first-order valence-electron chi connectivity index (χ1n) is 15.8. The number of rotatable bonds is 15. The summed E-state index contributed by atoms with van der Waals surface area (Å²) < 4.78 is 64.0. The van der Waals surface area contributed by atoms with Gasteiger partial charge in [-0.05, 0) is 66.3 Å². The van der Waals surface area contributed by atoms with Crippen LogP contribution in [0.2, 0.25) is 0 Å². The van der Waals surface area contributed by atoms with Crippen LogP contribution in [0.25, 0.3) is 0 Å². The lowest BCUT2D eigenvalue weighted by Crippen LogP contribution is -2.26. The van der Waals surface area contributed by atoms with Gasteiger partial charge in [0.25, 0.3) is 0 Å². The van der Waals surface area contributed by atoms with E-state index < -0.39 is 18.2 Å². The highest BCUT2D eigenvalue weighted by atomic mass is 16.6. The van der Waals surface area contributed by atoms with Crippen molar-refractivity contribution in [2.75, 3.05) is 56.9 Å². The van der Waals surface area contributed by atoms with Crippen molar-refractivity contribution in [2.24, 2.45) is 11.8 Å². The number of carbonyl (C=O) groups excluding carboxylic acids is 1. The summed E-state index contributed by atoms with van der Waals surface area (Å²) in [5.41, 5.74) is 2.34. The third-order valence-corrected chi connectivity index (χ3v) is 8.94. The topological polar surface area (TPSA) is 119 Å². The molecule has 0 N–H and O–H groups in total. The second-order valence-corrected chi connectivity index (χ2v) is 11.7. The summed E-state index contributed by atoms with van der Waals surface area (Å²) in [5.74, 6) is 3.79. The van der Waals surface area contributed by atoms with Crippen molar-refractivity contribution in [3.05, 3.63) is 53.1 Å². The fourth-order valence-electron chi connectivity index (χ4n) is 6.29. The van der Waals surface area contributed by atoms with E-state index in [0.717, 1.165) is 11.1 Å². The number of hydrogen-bond acceptors (Lipinski definition) is 12. The Kier molecular flexibility index (Phi) is 12.2. The van der Waals surface area contributed by atoms with Gasteiger partial charge in [-0.1, -0.05) is 13.8 Å². The summed E-state index contributed by atoms with van der Waals surface area (Å²) in [7, 11) is 12.4. The number of hydrogen-bond donors (Lipinski definition) is 0. The molecular formula is C37H48O12. The van der Waals surface area contributed by atoms with E-state index in [2.05, 4.69) is 13.8 Å². The molecule has 3 aromatic rings. The van der Waals surface area contributed by atoms with Crippen molar-refractivity contribution in [2.45, 2.75) is 52.1 Å². The number of carbonyl (C=O) groups is 1. The van der Waals surface area contributed by atoms with E-state index in [9.17, 15) is 4.79 Å². The van der Waals surface area contributed by atoms with Gasteiger partial charge in [-0.25, -0.2) is 0 Å². The van der Waals surface area contributed by atoms with Crippen molar-refractivity contribution >= 4 is 5.97 Å². The molecule has 1 aliphatic heterocycles. The lowest BCUT2D eigenvalue weighted by atomic mass is 9.85. The van der Waals surface area contributed by atoms with Crippen molar-refractivity contribution in [1.82, 2.24) is 0 Å². The van der Waals surface area contributed by atoms with Crippen LogP contribution in [-0.4, -0.2) is 69.0 Å². The summed E-state index contributed by atoms with van der Waals surface area (Å²) in [6, 6.07) is 11.1. The first-order valence-corrected chi connectivity index (χ1v) is 15.8. The molecule has 1 heterocycles. The normalized spacial score (nSPS) is 19.7. The van der Waals surface area contributed by atoms with E-state index in [1.165, 1.54) is 28.3 Å². The minimum absolute atomic E-state index is 0.109. The first-order chi connectivity index (χ1) is 23.5. The second-order valence-electron chi connectivity index (χ2n) is 11.7. The van der Waals surface area contributed by atoms with E-state index in [4.69, 9.17) is 52.1 Å². The van der Waals surface area contributed by atoms with Crippen LogP contribution in [0.15, 0.2) is 36.4 Å². The summed E-state index contributed by atoms with van der Waals surface area (Å²) in [6.07, 6.45) is -2.14. The molecular weight excluding hydrogens is 636 g/mol. The Morgan fingerprint density at radius 2 is 0.918 bits per heavy atom. The smallest absolute Gasteiger partial charge is 0.303 e. The van der Waals surface area contributed by atoms with Crippen molar-refractivity contribution in [1.29, 1.82) is 0 Å². The Morgan fingerprint density at radius 3 is 1.24 bits per heavy atom. The fourth-order valence-corrected chi connectivity index (χ4v) is 6.29. The van der Waals surface area contributed by atoms with E-state index >= 15 is 0 Å². The van der Waals surface area contributed by atoms with Crippen LogP contribution in [0.4, 0.5) is 0 Å². The Labute approximate surface area is 288 Å². The zero-order chi connectivity index (χ0) is 36.0. The maximum Gasteiger partial charge on any atom is 0.303 e. The predicted octanol–water partition coefficient (Wildman–Crippen LogP) is 6.91. The summed E-state index contributed by atoms with van der Waals surface area (Å²) >= 11 is 0. The van der Waals surface area contributed by atoms with Gasteiger partial charge in [-0.2, -0.15) is 0 Å². The predicted molar refractivity (Wildman–Crippen MR) is 181 cm³/mol. The number of benzene rings is 3. The minimum atomic E-state index is -0.862. The van der Waals surface area contributed by atoms with E-state index in [1.807, 2.05) is 24.3 Å². The van der Waals surface area contributed by atoms with E-state index in [-0.39, 0.29) is 24.0 Å². The van der Waals surface area contributed by atoms with Gasteiger partial charge in [0.2, 0.25) is 17.2 Å². The van der Waals surface area contributed by atoms with Crippen LogP contribution in [-0.2, 0) is 14.3 Å². The van der Waals surface area contributed by atoms with Crippen molar-refractivity contribution in [3.8, 4) is 51.7 Å². The molecule has 3 aromatic carbocycles.